The van der Waals surface area contributed by atoms with Crippen molar-refractivity contribution in [1.82, 2.24) is 4.90 Å². The van der Waals surface area contributed by atoms with Crippen LogP contribution >= 0.6 is 11.6 Å². The van der Waals surface area contributed by atoms with E-state index in [1.165, 1.54) is 35.2 Å². The number of hydrogen-bond donors (Lipinski definition) is 1. The Hall–Kier alpha value is -2.12. The third kappa shape index (κ3) is 4.95. The van der Waals surface area contributed by atoms with Crippen LogP contribution in [0.4, 0.5) is 10.1 Å². The Morgan fingerprint density at radius 1 is 1.19 bits per heavy atom. The minimum atomic E-state index is -4.03. The lowest BCUT2D eigenvalue weighted by Gasteiger charge is -2.17. The first kappa shape index (κ1) is 20.2. The molecule has 0 aliphatic rings. The first-order valence-electron chi connectivity index (χ1n) is 8.08. The second-order valence-corrected chi connectivity index (χ2v) is 7.90. The molecule has 0 saturated carbocycles. The zero-order valence-electron chi connectivity index (χ0n) is 14.5. The van der Waals surface area contributed by atoms with Crippen molar-refractivity contribution in [1.29, 1.82) is 0 Å². The summed E-state index contributed by atoms with van der Waals surface area (Å²) >= 11 is 6.04. The van der Waals surface area contributed by atoms with E-state index in [4.69, 9.17) is 11.6 Å². The molecule has 5 nitrogen and oxygen atoms in total. The van der Waals surface area contributed by atoms with Crippen molar-refractivity contribution in [2.75, 3.05) is 18.3 Å². The molecule has 2 rings (SSSR count). The molecule has 2 aromatic carbocycles. The van der Waals surface area contributed by atoms with Crippen LogP contribution in [0, 0.1) is 5.82 Å². The summed E-state index contributed by atoms with van der Waals surface area (Å²) in [6, 6.07) is 9.00. The number of hydrogen-bond acceptors (Lipinski definition) is 3. The number of nitrogens with zero attached hydrogens (tertiary/aromatic N) is 1. The first-order valence-corrected chi connectivity index (χ1v) is 9.94. The molecule has 8 heteroatoms. The van der Waals surface area contributed by atoms with Crippen molar-refractivity contribution in [3.8, 4) is 0 Å². The maximum absolute atomic E-state index is 13.0. The van der Waals surface area contributed by atoms with Crippen LogP contribution in [0.3, 0.4) is 0 Å². The van der Waals surface area contributed by atoms with Crippen LogP contribution in [0.25, 0.3) is 0 Å². The van der Waals surface area contributed by atoms with Crippen molar-refractivity contribution in [3.05, 3.63) is 58.9 Å². The number of rotatable bonds is 7. The summed E-state index contributed by atoms with van der Waals surface area (Å²) in [6.07, 6.45) is 1.80. The Kier molecular flexibility index (Phi) is 6.61. The Bertz CT molecular complexity index is 886. The topological polar surface area (TPSA) is 66.5 Å². The number of anilines is 1. The molecule has 26 heavy (non-hydrogen) atoms. The highest BCUT2D eigenvalue weighted by Gasteiger charge is 2.21. The van der Waals surface area contributed by atoms with Gasteiger partial charge in [0.1, 0.15) is 10.7 Å². The predicted octanol–water partition coefficient (Wildman–Crippen LogP) is 4.15. The van der Waals surface area contributed by atoms with Crippen LogP contribution in [-0.4, -0.2) is 32.8 Å². The molecule has 1 N–H and O–H groups in total. The van der Waals surface area contributed by atoms with Gasteiger partial charge in [0.05, 0.1) is 5.02 Å². The maximum atomic E-state index is 13.0. The molecular formula is C18H20ClFN2O3S. The van der Waals surface area contributed by atoms with Crippen molar-refractivity contribution in [2.45, 2.75) is 24.7 Å². The van der Waals surface area contributed by atoms with E-state index in [2.05, 4.69) is 4.72 Å². The van der Waals surface area contributed by atoms with Gasteiger partial charge in [0.25, 0.3) is 15.9 Å². The zero-order chi connectivity index (χ0) is 19.3. The van der Waals surface area contributed by atoms with Crippen molar-refractivity contribution in [2.24, 2.45) is 0 Å². The van der Waals surface area contributed by atoms with Gasteiger partial charge < -0.3 is 4.90 Å². The predicted molar refractivity (Wildman–Crippen MR) is 101 cm³/mol. The fourth-order valence-electron chi connectivity index (χ4n) is 2.29. The van der Waals surface area contributed by atoms with Gasteiger partial charge in [0.2, 0.25) is 0 Å². The highest BCUT2D eigenvalue weighted by Crippen LogP contribution is 2.25. The average molecular weight is 399 g/mol. The molecule has 0 aliphatic heterocycles. The smallest absolute Gasteiger partial charge is 0.263 e. The molecule has 0 aliphatic carbocycles. The minimum absolute atomic E-state index is 0.00706. The average Bonchev–Trinajstić information content (AvgIpc) is 2.61. The van der Waals surface area contributed by atoms with Gasteiger partial charge >= 0.3 is 0 Å². The van der Waals surface area contributed by atoms with E-state index in [9.17, 15) is 17.6 Å². The van der Waals surface area contributed by atoms with E-state index in [0.29, 0.717) is 6.54 Å². The summed E-state index contributed by atoms with van der Waals surface area (Å²) in [6.45, 7) is 2.60. The van der Waals surface area contributed by atoms with Gasteiger partial charge in [-0.15, -0.1) is 0 Å². The minimum Gasteiger partial charge on any atom is -0.342 e. The molecule has 1 amide bonds. The summed E-state index contributed by atoms with van der Waals surface area (Å²) < 4.78 is 40.5. The van der Waals surface area contributed by atoms with Crippen molar-refractivity contribution in [3.63, 3.8) is 0 Å². The third-order valence-electron chi connectivity index (χ3n) is 3.76. The Morgan fingerprint density at radius 2 is 1.85 bits per heavy atom. The number of halogens is 2. The van der Waals surface area contributed by atoms with Gasteiger partial charge in [-0.2, -0.15) is 0 Å². The second kappa shape index (κ2) is 8.51. The highest BCUT2D eigenvalue weighted by atomic mass is 35.5. The largest absolute Gasteiger partial charge is 0.342 e. The summed E-state index contributed by atoms with van der Waals surface area (Å²) in [5.41, 5.74) is 0.423. The van der Waals surface area contributed by atoms with E-state index < -0.39 is 15.8 Å². The summed E-state index contributed by atoms with van der Waals surface area (Å²) in [4.78, 5) is 13.8. The fraction of sp³-hybridized carbons (Fsp3) is 0.278. The molecule has 0 unspecified atom stereocenters. The van der Waals surface area contributed by atoms with E-state index in [-0.39, 0.29) is 27.1 Å². The molecule has 0 heterocycles. The van der Waals surface area contributed by atoms with Gasteiger partial charge in [-0.25, -0.2) is 12.8 Å². The fourth-order valence-corrected chi connectivity index (χ4v) is 3.87. The normalized spacial score (nSPS) is 11.2. The Balaban J connectivity index is 2.30. The standard InChI is InChI=1S/C18H20ClFN2O3S/c1-3-4-11-22(2)18(23)13-5-10-16(19)17(12-13)26(24,25)21-15-8-6-14(20)7-9-15/h5-10,12,21H,3-4,11H2,1-2H3. The quantitative estimate of drug-likeness (QED) is 0.761. The molecule has 0 aromatic heterocycles. The molecule has 0 spiro atoms. The number of nitrogens with one attached hydrogen (secondary N) is 1. The molecule has 0 saturated heterocycles. The van der Waals surface area contributed by atoms with Crippen LogP contribution in [0.2, 0.25) is 5.02 Å². The second-order valence-electron chi connectivity index (χ2n) is 5.84. The lowest BCUT2D eigenvalue weighted by Crippen LogP contribution is -2.28. The van der Waals surface area contributed by atoms with Gasteiger partial charge in [-0.1, -0.05) is 24.9 Å². The molecule has 0 fully saturated rings. The Morgan fingerprint density at radius 3 is 2.46 bits per heavy atom. The van der Waals surface area contributed by atoms with E-state index in [1.807, 2.05) is 6.92 Å². The monoisotopic (exact) mass is 398 g/mol. The van der Waals surface area contributed by atoms with Crippen molar-refractivity contribution < 1.29 is 17.6 Å². The van der Waals surface area contributed by atoms with Crippen LogP contribution in [-0.2, 0) is 10.0 Å². The van der Waals surface area contributed by atoms with Crippen LogP contribution in [0.1, 0.15) is 30.1 Å². The van der Waals surface area contributed by atoms with E-state index in [1.54, 1.807) is 7.05 Å². The number of carbonyl (C=O) groups is 1. The van der Waals surface area contributed by atoms with Gasteiger partial charge in [-0.3, -0.25) is 9.52 Å². The van der Waals surface area contributed by atoms with Crippen molar-refractivity contribution >= 4 is 33.2 Å². The number of sulfonamides is 1. The zero-order valence-corrected chi connectivity index (χ0v) is 16.1. The number of benzene rings is 2. The summed E-state index contributed by atoms with van der Waals surface area (Å²) in [7, 11) is -2.37. The van der Waals surface area contributed by atoms with E-state index >= 15 is 0 Å². The number of unbranched alkanes of at least 4 members (excludes halogenated alkanes) is 1. The molecular weight excluding hydrogens is 379 g/mol. The summed E-state index contributed by atoms with van der Waals surface area (Å²) in [5, 5.41) is -0.00706. The SMILES string of the molecule is CCCCN(C)C(=O)c1ccc(Cl)c(S(=O)(=O)Nc2ccc(F)cc2)c1. The maximum Gasteiger partial charge on any atom is 0.263 e. The third-order valence-corrected chi connectivity index (χ3v) is 5.62. The van der Waals surface area contributed by atoms with Crippen LogP contribution in [0.15, 0.2) is 47.4 Å². The van der Waals surface area contributed by atoms with Gasteiger partial charge in [0, 0.05) is 24.8 Å². The molecule has 2 aromatic rings. The molecule has 0 radical (unpaired) electrons. The lowest BCUT2D eigenvalue weighted by atomic mass is 10.2. The summed E-state index contributed by atoms with van der Waals surface area (Å²) in [5.74, 6) is -0.762. The highest BCUT2D eigenvalue weighted by molar-refractivity contribution is 7.92. The molecule has 140 valence electrons. The van der Waals surface area contributed by atoms with E-state index in [0.717, 1.165) is 25.0 Å². The lowest BCUT2D eigenvalue weighted by molar-refractivity contribution is 0.0793. The van der Waals surface area contributed by atoms with Crippen LogP contribution < -0.4 is 4.72 Å². The van der Waals surface area contributed by atoms with Gasteiger partial charge in [-0.05, 0) is 48.9 Å². The first-order chi connectivity index (χ1) is 12.2. The van der Waals surface area contributed by atoms with Gasteiger partial charge in [0.15, 0.2) is 0 Å². The van der Waals surface area contributed by atoms with Crippen LogP contribution in [0.5, 0.6) is 0 Å². The number of amides is 1. The molecule has 0 atom stereocenters. The molecule has 0 bridgehead atoms. The Labute approximate surface area is 157 Å². The number of carbonyl (C=O) groups excluding carboxylic acids is 1.